The Morgan fingerprint density at radius 1 is 1.12 bits per heavy atom. The number of likely N-dealkylation sites (tertiary alicyclic amines) is 2. The van der Waals surface area contributed by atoms with Crippen LogP contribution in [-0.2, 0) is 14.3 Å². The summed E-state index contributed by atoms with van der Waals surface area (Å²) in [7, 11) is 0. The quantitative estimate of drug-likeness (QED) is 0.746. The molecule has 2 aliphatic rings. The minimum atomic E-state index is -0.217. The summed E-state index contributed by atoms with van der Waals surface area (Å²) < 4.78 is 5.45. The first-order valence-electron chi connectivity index (χ1n) is 10.2. The fraction of sp³-hybridized carbons (Fsp3) is 0.900. The maximum absolute atomic E-state index is 12.7. The molecule has 0 bridgehead atoms. The van der Waals surface area contributed by atoms with Crippen molar-refractivity contribution in [1.29, 1.82) is 0 Å². The molecule has 6 heteroatoms. The Morgan fingerprint density at radius 2 is 1.81 bits per heavy atom. The standard InChI is InChI=1S/C20H37N3O3/c1-5-26-15-20(3,4)21-13-18(24)22-11-8-17(9-12-22)19(25)23-10-6-7-16(2)14-23/h16-17,21H,5-15H2,1-4H3. The predicted octanol–water partition coefficient (Wildman–Crippen LogP) is 1.89. The highest BCUT2D eigenvalue weighted by molar-refractivity contribution is 5.81. The van der Waals surface area contributed by atoms with Gasteiger partial charge in [0.2, 0.25) is 11.8 Å². The molecular weight excluding hydrogens is 330 g/mol. The molecule has 0 aromatic heterocycles. The van der Waals surface area contributed by atoms with Crippen molar-refractivity contribution in [2.24, 2.45) is 11.8 Å². The van der Waals surface area contributed by atoms with Gasteiger partial charge in [-0.3, -0.25) is 9.59 Å². The fourth-order valence-electron chi connectivity index (χ4n) is 3.86. The van der Waals surface area contributed by atoms with E-state index in [1.54, 1.807) is 0 Å². The van der Waals surface area contributed by atoms with Gasteiger partial charge in [-0.2, -0.15) is 0 Å². The Morgan fingerprint density at radius 3 is 2.42 bits per heavy atom. The molecule has 0 aliphatic carbocycles. The van der Waals surface area contributed by atoms with Crippen LogP contribution in [0.15, 0.2) is 0 Å². The van der Waals surface area contributed by atoms with Crippen LogP contribution < -0.4 is 5.32 Å². The molecule has 2 heterocycles. The van der Waals surface area contributed by atoms with Gasteiger partial charge in [0.15, 0.2) is 0 Å². The highest BCUT2D eigenvalue weighted by atomic mass is 16.5. The molecule has 0 aromatic carbocycles. The summed E-state index contributed by atoms with van der Waals surface area (Å²) in [5.41, 5.74) is -0.217. The number of carbonyl (C=O) groups is 2. The molecule has 0 aromatic rings. The van der Waals surface area contributed by atoms with Gasteiger partial charge in [-0.1, -0.05) is 6.92 Å². The molecule has 150 valence electrons. The molecule has 1 atom stereocenters. The number of nitrogens with one attached hydrogen (secondary N) is 1. The topological polar surface area (TPSA) is 61.9 Å². The third-order valence-electron chi connectivity index (χ3n) is 5.55. The lowest BCUT2D eigenvalue weighted by atomic mass is 9.92. The summed E-state index contributed by atoms with van der Waals surface area (Å²) in [6, 6.07) is 0. The summed E-state index contributed by atoms with van der Waals surface area (Å²) in [5.74, 6) is 1.12. The molecule has 1 unspecified atom stereocenters. The van der Waals surface area contributed by atoms with Gasteiger partial charge in [0, 0.05) is 44.2 Å². The van der Waals surface area contributed by atoms with Crippen molar-refractivity contribution in [3.05, 3.63) is 0 Å². The highest BCUT2D eigenvalue weighted by Gasteiger charge is 2.32. The Balaban J connectivity index is 1.73. The summed E-state index contributed by atoms with van der Waals surface area (Å²) in [4.78, 5) is 29.1. The molecule has 26 heavy (non-hydrogen) atoms. The molecule has 0 radical (unpaired) electrons. The number of amides is 2. The Bertz CT molecular complexity index is 473. The maximum Gasteiger partial charge on any atom is 0.236 e. The van der Waals surface area contributed by atoms with Crippen molar-refractivity contribution in [3.63, 3.8) is 0 Å². The van der Waals surface area contributed by atoms with E-state index in [9.17, 15) is 9.59 Å². The van der Waals surface area contributed by atoms with E-state index in [4.69, 9.17) is 4.74 Å². The number of rotatable bonds is 7. The van der Waals surface area contributed by atoms with E-state index in [0.29, 0.717) is 44.7 Å². The number of ether oxygens (including phenoxy) is 1. The SMILES string of the molecule is CCOCC(C)(C)NCC(=O)N1CCC(C(=O)N2CCCC(C)C2)CC1. The zero-order valence-corrected chi connectivity index (χ0v) is 17.1. The molecule has 0 saturated carbocycles. The average Bonchev–Trinajstić information content (AvgIpc) is 2.64. The third kappa shape index (κ3) is 6.23. The molecule has 6 nitrogen and oxygen atoms in total. The first kappa shape index (κ1) is 21.2. The van der Waals surface area contributed by atoms with Crippen molar-refractivity contribution in [1.82, 2.24) is 15.1 Å². The zero-order chi connectivity index (χ0) is 19.2. The fourth-order valence-corrected chi connectivity index (χ4v) is 3.86. The number of piperidine rings is 2. The van der Waals surface area contributed by atoms with Gasteiger partial charge in [0.05, 0.1) is 13.2 Å². The van der Waals surface area contributed by atoms with Crippen LogP contribution in [-0.4, -0.2) is 73.1 Å². The van der Waals surface area contributed by atoms with Crippen molar-refractivity contribution in [3.8, 4) is 0 Å². The Kier molecular flexibility index (Phi) is 7.89. The van der Waals surface area contributed by atoms with E-state index in [2.05, 4.69) is 12.2 Å². The lowest BCUT2D eigenvalue weighted by Crippen LogP contribution is -2.51. The van der Waals surface area contributed by atoms with Crippen molar-refractivity contribution >= 4 is 11.8 Å². The third-order valence-corrected chi connectivity index (χ3v) is 5.55. The van der Waals surface area contributed by atoms with Crippen LogP contribution in [0.2, 0.25) is 0 Å². The second kappa shape index (κ2) is 9.70. The summed E-state index contributed by atoms with van der Waals surface area (Å²) in [6.07, 6.45) is 3.92. The number of hydrogen-bond donors (Lipinski definition) is 1. The first-order chi connectivity index (χ1) is 12.3. The Labute approximate surface area is 158 Å². The van der Waals surface area contributed by atoms with Gasteiger partial charge in [0.25, 0.3) is 0 Å². The average molecular weight is 368 g/mol. The summed E-state index contributed by atoms with van der Waals surface area (Å²) >= 11 is 0. The smallest absolute Gasteiger partial charge is 0.236 e. The van der Waals surface area contributed by atoms with E-state index < -0.39 is 0 Å². The molecule has 2 saturated heterocycles. The molecule has 2 rings (SSSR count). The van der Waals surface area contributed by atoms with Crippen LogP contribution in [0.5, 0.6) is 0 Å². The van der Waals surface area contributed by atoms with Crippen LogP contribution in [0.1, 0.15) is 53.4 Å². The second-order valence-electron chi connectivity index (χ2n) is 8.56. The largest absolute Gasteiger partial charge is 0.380 e. The van der Waals surface area contributed by atoms with Gasteiger partial charge in [-0.25, -0.2) is 0 Å². The minimum absolute atomic E-state index is 0.0895. The van der Waals surface area contributed by atoms with Crippen molar-refractivity contribution < 1.29 is 14.3 Å². The highest BCUT2D eigenvalue weighted by Crippen LogP contribution is 2.23. The molecule has 1 N–H and O–H groups in total. The maximum atomic E-state index is 12.7. The van der Waals surface area contributed by atoms with Crippen LogP contribution in [0, 0.1) is 11.8 Å². The number of carbonyl (C=O) groups excluding carboxylic acids is 2. The van der Waals surface area contributed by atoms with Crippen LogP contribution >= 0.6 is 0 Å². The lowest BCUT2D eigenvalue weighted by molar-refractivity contribution is -0.141. The molecule has 0 spiro atoms. The van der Waals surface area contributed by atoms with E-state index in [0.717, 1.165) is 32.4 Å². The zero-order valence-electron chi connectivity index (χ0n) is 17.1. The van der Waals surface area contributed by atoms with Gasteiger partial charge in [-0.05, 0) is 52.4 Å². The summed E-state index contributed by atoms with van der Waals surface area (Å²) in [5, 5.41) is 3.29. The minimum Gasteiger partial charge on any atom is -0.380 e. The summed E-state index contributed by atoms with van der Waals surface area (Å²) in [6.45, 7) is 13.0. The lowest BCUT2D eigenvalue weighted by Gasteiger charge is -2.37. The van der Waals surface area contributed by atoms with Crippen LogP contribution in [0.3, 0.4) is 0 Å². The van der Waals surface area contributed by atoms with E-state index in [-0.39, 0.29) is 17.4 Å². The second-order valence-corrected chi connectivity index (χ2v) is 8.56. The van der Waals surface area contributed by atoms with Gasteiger partial charge < -0.3 is 19.9 Å². The van der Waals surface area contributed by atoms with Crippen LogP contribution in [0.25, 0.3) is 0 Å². The monoisotopic (exact) mass is 367 g/mol. The van der Waals surface area contributed by atoms with Crippen molar-refractivity contribution in [2.45, 2.75) is 58.9 Å². The van der Waals surface area contributed by atoms with Gasteiger partial charge in [0.1, 0.15) is 0 Å². The van der Waals surface area contributed by atoms with E-state index in [1.165, 1.54) is 6.42 Å². The number of hydrogen-bond acceptors (Lipinski definition) is 4. The van der Waals surface area contributed by atoms with E-state index >= 15 is 0 Å². The van der Waals surface area contributed by atoms with E-state index in [1.807, 2.05) is 30.6 Å². The molecule has 2 amide bonds. The number of nitrogens with zero attached hydrogens (tertiary/aromatic N) is 2. The van der Waals surface area contributed by atoms with Crippen LogP contribution in [0.4, 0.5) is 0 Å². The first-order valence-corrected chi connectivity index (χ1v) is 10.2. The molecular formula is C20H37N3O3. The molecule has 2 fully saturated rings. The van der Waals surface area contributed by atoms with Gasteiger partial charge in [-0.15, -0.1) is 0 Å². The Hall–Kier alpha value is -1.14. The predicted molar refractivity (Wildman–Crippen MR) is 103 cm³/mol. The molecule has 2 aliphatic heterocycles. The van der Waals surface area contributed by atoms with Crippen molar-refractivity contribution in [2.75, 3.05) is 45.9 Å². The van der Waals surface area contributed by atoms with Gasteiger partial charge >= 0.3 is 0 Å². The normalized spacial score (nSPS) is 22.5.